The van der Waals surface area contributed by atoms with Gasteiger partial charge in [0.25, 0.3) is 0 Å². The van der Waals surface area contributed by atoms with Crippen LogP contribution >= 0.6 is 12.2 Å². The van der Waals surface area contributed by atoms with Crippen LogP contribution in [0.25, 0.3) is 0 Å². The highest BCUT2D eigenvalue weighted by atomic mass is 32.1. The van der Waals surface area contributed by atoms with E-state index >= 15 is 0 Å². The lowest BCUT2D eigenvalue weighted by molar-refractivity contribution is 0.126. The molecule has 0 atom stereocenters. The molecule has 0 saturated heterocycles. The van der Waals surface area contributed by atoms with Crippen LogP contribution in [0, 0.1) is 5.41 Å². The summed E-state index contributed by atoms with van der Waals surface area (Å²) < 4.78 is 0. The standard InChI is InChI=1S/C14H28N2S/c1-14(2)9-7-12(8-10-14)16(3)11-5-4-6-13(15)17/h12H,4-11H2,1-3H3,(H2,15,17). The monoisotopic (exact) mass is 256 g/mol. The van der Waals surface area contributed by atoms with Crippen LogP contribution in [0.5, 0.6) is 0 Å². The molecule has 0 aromatic carbocycles. The van der Waals surface area contributed by atoms with Crippen LogP contribution in [-0.2, 0) is 0 Å². The number of nitrogens with two attached hydrogens (primary N) is 1. The predicted molar refractivity (Wildman–Crippen MR) is 79.3 cm³/mol. The Bertz CT molecular complexity index is 241. The lowest BCUT2D eigenvalue weighted by Gasteiger charge is -2.38. The van der Waals surface area contributed by atoms with Crippen LogP contribution < -0.4 is 5.73 Å². The van der Waals surface area contributed by atoms with E-state index in [-0.39, 0.29) is 0 Å². The third-order valence-electron chi connectivity index (χ3n) is 4.12. The highest BCUT2D eigenvalue weighted by Gasteiger charge is 2.28. The Morgan fingerprint density at radius 3 is 2.41 bits per heavy atom. The number of hydrogen-bond acceptors (Lipinski definition) is 2. The number of rotatable bonds is 6. The van der Waals surface area contributed by atoms with Gasteiger partial charge in [0.15, 0.2) is 0 Å². The second-order valence-electron chi connectivity index (χ2n) is 6.30. The fraction of sp³-hybridized carbons (Fsp3) is 0.929. The second-order valence-corrected chi connectivity index (χ2v) is 6.82. The number of unbranched alkanes of at least 4 members (excludes halogenated alkanes) is 1. The van der Waals surface area contributed by atoms with E-state index in [9.17, 15) is 0 Å². The summed E-state index contributed by atoms with van der Waals surface area (Å²) in [5.74, 6) is 0. The van der Waals surface area contributed by atoms with Crippen LogP contribution in [0.2, 0.25) is 0 Å². The molecule has 0 aromatic rings. The van der Waals surface area contributed by atoms with Crippen molar-refractivity contribution in [3.63, 3.8) is 0 Å². The van der Waals surface area contributed by atoms with Crippen LogP contribution in [0.4, 0.5) is 0 Å². The number of hydrogen-bond donors (Lipinski definition) is 1. The molecule has 1 fully saturated rings. The predicted octanol–water partition coefficient (Wildman–Crippen LogP) is 3.34. The van der Waals surface area contributed by atoms with E-state index in [2.05, 4.69) is 25.8 Å². The highest BCUT2D eigenvalue weighted by molar-refractivity contribution is 7.80. The molecule has 0 radical (unpaired) electrons. The fourth-order valence-corrected chi connectivity index (χ4v) is 2.81. The SMILES string of the molecule is CN(CCCCC(N)=S)C1CCC(C)(C)CC1. The van der Waals surface area contributed by atoms with E-state index in [0.717, 1.165) is 18.9 Å². The molecule has 1 aliphatic rings. The third kappa shape index (κ3) is 5.82. The lowest BCUT2D eigenvalue weighted by Crippen LogP contribution is -2.37. The molecule has 1 rings (SSSR count). The smallest absolute Gasteiger partial charge is 0.0727 e. The summed E-state index contributed by atoms with van der Waals surface area (Å²) in [5.41, 5.74) is 6.07. The van der Waals surface area contributed by atoms with Gasteiger partial charge in [0, 0.05) is 6.04 Å². The number of nitrogens with zero attached hydrogens (tertiary/aromatic N) is 1. The van der Waals surface area contributed by atoms with Gasteiger partial charge in [-0.3, -0.25) is 0 Å². The van der Waals surface area contributed by atoms with E-state index in [1.165, 1.54) is 38.6 Å². The molecule has 1 aliphatic carbocycles. The summed E-state index contributed by atoms with van der Waals surface area (Å²) >= 11 is 4.89. The van der Waals surface area contributed by atoms with Crippen LogP contribution in [-0.4, -0.2) is 29.5 Å². The quantitative estimate of drug-likeness (QED) is 0.584. The molecule has 100 valence electrons. The van der Waals surface area contributed by atoms with Gasteiger partial charge in [-0.1, -0.05) is 26.1 Å². The van der Waals surface area contributed by atoms with Crippen molar-refractivity contribution < 1.29 is 0 Å². The molecule has 0 aliphatic heterocycles. The van der Waals surface area contributed by atoms with Crippen molar-refractivity contribution in [1.82, 2.24) is 4.90 Å². The largest absolute Gasteiger partial charge is 0.393 e. The van der Waals surface area contributed by atoms with Gasteiger partial charge in [-0.25, -0.2) is 0 Å². The molecule has 0 bridgehead atoms. The summed E-state index contributed by atoms with van der Waals surface area (Å²) in [5, 5.41) is 0. The van der Waals surface area contributed by atoms with E-state index in [0.29, 0.717) is 10.4 Å². The zero-order valence-electron chi connectivity index (χ0n) is 11.7. The normalized spacial score (nSPS) is 20.7. The Morgan fingerprint density at radius 1 is 1.29 bits per heavy atom. The van der Waals surface area contributed by atoms with Crippen molar-refractivity contribution >= 4 is 17.2 Å². The second kappa shape index (κ2) is 6.69. The molecule has 2 nitrogen and oxygen atoms in total. The fourth-order valence-electron chi connectivity index (χ4n) is 2.67. The topological polar surface area (TPSA) is 29.3 Å². The minimum Gasteiger partial charge on any atom is -0.393 e. The maximum Gasteiger partial charge on any atom is 0.0727 e. The van der Waals surface area contributed by atoms with Gasteiger partial charge in [0.05, 0.1) is 4.99 Å². The maximum absolute atomic E-state index is 5.50. The Balaban J connectivity index is 2.16. The molecule has 0 unspecified atom stereocenters. The minimum absolute atomic E-state index is 0.572. The summed E-state index contributed by atoms with van der Waals surface area (Å²) in [6.45, 7) is 5.98. The Labute approximate surface area is 112 Å². The molecular formula is C14H28N2S. The molecule has 0 spiro atoms. The first-order valence-corrected chi connectivity index (χ1v) is 7.30. The summed E-state index contributed by atoms with van der Waals surface area (Å²) in [4.78, 5) is 3.20. The van der Waals surface area contributed by atoms with Gasteiger partial charge in [-0.2, -0.15) is 0 Å². The van der Waals surface area contributed by atoms with E-state index < -0.39 is 0 Å². The molecule has 2 N–H and O–H groups in total. The van der Waals surface area contributed by atoms with Crippen molar-refractivity contribution in [1.29, 1.82) is 0 Å². The summed E-state index contributed by atoms with van der Waals surface area (Å²) in [6.07, 6.45) is 8.72. The van der Waals surface area contributed by atoms with Gasteiger partial charge in [-0.05, 0) is 64.0 Å². The zero-order chi connectivity index (χ0) is 12.9. The third-order valence-corrected chi connectivity index (χ3v) is 4.32. The molecule has 17 heavy (non-hydrogen) atoms. The summed E-state index contributed by atoms with van der Waals surface area (Å²) in [7, 11) is 2.27. The minimum atomic E-state index is 0.572. The molecular weight excluding hydrogens is 228 g/mol. The van der Waals surface area contributed by atoms with Gasteiger partial charge >= 0.3 is 0 Å². The Morgan fingerprint density at radius 2 is 1.88 bits per heavy atom. The van der Waals surface area contributed by atoms with Crippen LogP contribution in [0.3, 0.4) is 0 Å². The molecule has 0 amide bonds. The van der Waals surface area contributed by atoms with Gasteiger partial charge < -0.3 is 10.6 Å². The van der Waals surface area contributed by atoms with Crippen molar-refractivity contribution in [2.24, 2.45) is 11.1 Å². The Hall–Kier alpha value is -0.150. The zero-order valence-corrected chi connectivity index (χ0v) is 12.5. The molecule has 0 aromatic heterocycles. The van der Waals surface area contributed by atoms with Crippen LogP contribution in [0.1, 0.15) is 58.8 Å². The first-order chi connectivity index (χ1) is 7.91. The average Bonchev–Trinajstić information content (AvgIpc) is 2.23. The van der Waals surface area contributed by atoms with Crippen molar-refractivity contribution in [2.45, 2.75) is 64.8 Å². The average molecular weight is 256 g/mol. The molecule has 1 saturated carbocycles. The lowest BCUT2D eigenvalue weighted by atomic mass is 9.75. The Kier molecular flexibility index (Phi) is 5.87. The first-order valence-electron chi connectivity index (χ1n) is 6.89. The molecule has 0 heterocycles. The summed E-state index contributed by atoms with van der Waals surface area (Å²) in [6, 6.07) is 0.799. The van der Waals surface area contributed by atoms with E-state index in [4.69, 9.17) is 18.0 Å². The van der Waals surface area contributed by atoms with Gasteiger partial charge in [0.1, 0.15) is 0 Å². The maximum atomic E-state index is 5.50. The molecule has 3 heteroatoms. The van der Waals surface area contributed by atoms with Gasteiger partial charge in [0.2, 0.25) is 0 Å². The van der Waals surface area contributed by atoms with E-state index in [1.54, 1.807) is 0 Å². The highest BCUT2D eigenvalue weighted by Crippen LogP contribution is 2.36. The van der Waals surface area contributed by atoms with Crippen LogP contribution in [0.15, 0.2) is 0 Å². The van der Waals surface area contributed by atoms with E-state index in [1.807, 2.05) is 0 Å². The van der Waals surface area contributed by atoms with Crippen molar-refractivity contribution in [3.05, 3.63) is 0 Å². The van der Waals surface area contributed by atoms with Gasteiger partial charge in [-0.15, -0.1) is 0 Å². The first kappa shape index (κ1) is 14.9. The van der Waals surface area contributed by atoms with Crippen molar-refractivity contribution in [2.75, 3.05) is 13.6 Å². The number of thiocarbonyl (C=S) groups is 1. The van der Waals surface area contributed by atoms with Crippen molar-refractivity contribution in [3.8, 4) is 0 Å².